The Morgan fingerprint density at radius 1 is 1.20 bits per heavy atom. The highest BCUT2D eigenvalue weighted by atomic mass is 16.1. The maximum absolute atomic E-state index is 12.7. The van der Waals surface area contributed by atoms with Gasteiger partial charge >= 0.3 is 0 Å². The van der Waals surface area contributed by atoms with Gasteiger partial charge in [0.05, 0.1) is 11.2 Å². The zero-order chi connectivity index (χ0) is 15.1. The van der Waals surface area contributed by atoms with Gasteiger partial charge in [0, 0.05) is 11.1 Å². The van der Waals surface area contributed by atoms with Gasteiger partial charge in [0.25, 0.3) is 5.56 Å². The van der Waals surface area contributed by atoms with Gasteiger partial charge in [0.15, 0.2) is 0 Å². The molecule has 0 aliphatic carbocycles. The highest BCUT2D eigenvalue weighted by Crippen LogP contribution is 2.27. The van der Waals surface area contributed by atoms with Crippen LogP contribution in [0.25, 0.3) is 11.3 Å². The molecule has 3 nitrogen and oxygen atoms in total. The Labute approximate surface area is 120 Å². The summed E-state index contributed by atoms with van der Waals surface area (Å²) in [4.78, 5) is 12.7. The molecular weight excluding hydrogens is 248 g/mol. The minimum absolute atomic E-state index is 0.0870. The van der Waals surface area contributed by atoms with Gasteiger partial charge in [-0.05, 0) is 39.7 Å². The van der Waals surface area contributed by atoms with Crippen LogP contribution in [0.5, 0.6) is 0 Å². The van der Waals surface area contributed by atoms with E-state index in [0.717, 1.165) is 16.8 Å². The molecule has 0 bridgehead atoms. The third kappa shape index (κ3) is 2.58. The van der Waals surface area contributed by atoms with E-state index in [2.05, 4.69) is 44.1 Å². The molecule has 3 heteroatoms. The first-order valence-electron chi connectivity index (χ1n) is 7.14. The molecule has 0 unspecified atom stereocenters. The summed E-state index contributed by atoms with van der Waals surface area (Å²) in [7, 11) is 0. The number of rotatable bonds is 2. The van der Waals surface area contributed by atoms with E-state index in [1.807, 2.05) is 26.8 Å². The van der Waals surface area contributed by atoms with Gasteiger partial charge in [-0.1, -0.05) is 37.6 Å². The van der Waals surface area contributed by atoms with Crippen molar-refractivity contribution in [2.45, 2.75) is 53.0 Å². The molecule has 0 amide bonds. The van der Waals surface area contributed by atoms with Crippen LogP contribution in [0.15, 0.2) is 29.1 Å². The topological polar surface area (TPSA) is 37.8 Å². The summed E-state index contributed by atoms with van der Waals surface area (Å²) in [6.07, 6.45) is 0. The van der Waals surface area contributed by atoms with Crippen LogP contribution in [0.3, 0.4) is 0 Å². The minimum Gasteiger partial charge on any atom is -0.294 e. The fraction of sp³-hybridized carbons (Fsp3) is 0.471. The van der Waals surface area contributed by atoms with Crippen molar-refractivity contribution in [1.29, 1.82) is 0 Å². The first-order chi connectivity index (χ1) is 9.21. The third-order valence-electron chi connectivity index (χ3n) is 3.48. The van der Waals surface area contributed by atoms with Crippen LogP contribution in [0.2, 0.25) is 0 Å². The van der Waals surface area contributed by atoms with Gasteiger partial charge in [0.1, 0.15) is 0 Å². The lowest BCUT2D eigenvalue weighted by Gasteiger charge is -2.19. The van der Waals surface area contributed by atoms with Crippen molar-refractivity contribution in [3.63, 3.8) is 0 Å². The second-order valence-corrected chi connectivity index (χ2v) is 6.74. The van der Waals surface area contributed by atoms with Gasteiger partial charge in [-0.3, -0.25) is 9.89 Å². The second kappa shape index (κ2) is 4.97. The summed E-state index contributed by atoms with van der Waals surface area (Å²) < 4.78 is 1.74. The number of benzene rings is 1. The number of aromatic nitrogens is 2. The standard InChI is InChI=1S/C17H24N2O/c1-11(2)14-15(13-9-7-8-12(3)10-13)18-19(16(14)20)17(4,5)6/h7-11,18H,1-6H3. The lowest BCUT2D eigenvalue weighted by molar-refractivity contribution is 0.345. The number of nitrogens with one attached hydrogen (secondary N) is 1. The summed E-state index contributed by atoms with van der Waals surface area (Å²) in [6.45, 7) is 12.3. The van der Waals surface area contributed by atoms with Gasteiger partial charge < -0.3 is 0 Å². The minimum atomic E-state index is -0.247. The Hall–Kier alpha value is -1.77. The average molecular weight is 272 g/mol. The predicted molar refractivity (Wildman–Crippen MR) is 84.3 cm³/mol. The van der Waals surface area contributed by atoms with Crippen LogP contribution in [-0.4, -0.2) is 9.78 Å². The van der Waals surface area contributed by atoms with Crippen molar-refractivity contribution in [1.82, 2.24) is 9.78 Å². The Balaban J connectivity index is 2.73. The summed E-state index contributed by atoms with van der Waals surface area (Å²) >= 11 is 0. The Morgan fingerprint density at radius 3 is 2.35 bits per heavy atom. The molecule has 20 heavy (non-hydrogen) atoms. The molecule has 0 radical (unpaired) electrons. The van der Waals surface area contributed by atoms with Crippen LogP contribution < -0.4 is 5.56 Å². The molecule has 0 saturated heterocycles. The summed E-state index contributed by atoms with van der Waals surface area (Å²) in [5.74, 6) is 0.192. The van der Waals surface area contributed by atoms with Crippen molar-refractivity contribution in [3.05, 3.63) is 45.7 Å². The Kier molecular flexibility index (Phi) is 3.63. The molecule has 1 N–H and O–H groups in total. The van der Waals surface area contributed by atoms with Crippen molar-refractivity contribution in [2.75, 3.05) is 0 Å². The average Bonchev–Trinajstić information content (AvgIpc) is 2.66. The summed E-state index contributed by atoms with van der Waals surface area (Å²) in [5, 5.41) is 3.32. The van der Waals surface area contributed by atoms with Gasteiger partial charge in [-0.2, -0.15) is 0 Å². The van der Waals surface area contributed by atoms with Crippen LogP contribution >= 0.6 is 0 Å². The van der Waals surface area contributed by atoms with Crippen molar-refractivity contribution < 1.29 is 0 Å². The van der Waals surface area contributed by atoms with E-state index in [1.165, 1.54) is 5.56 Å². The molecule has 2 rings (SSSR count). The fourth-order valence-electron chi connectivity index (χ4n) is 2.48. The Morgan fingerprint density at radius 2 is 1.85 bits per heavy atom. The van der Waals surface area contributed by atoms with Crippen LogP contribution in [0.4, 0.5) is 0 Å². The number of hydrogen-bond acceptors (Lipinski definition) is 1. The monoisotopic (exact) mass is 272 g/mol. The molecular formula is C17H24N2O. The molecule has 0 saturated carbocycles. The van der Waals surface area contributed by atoms with Crippen LogP contribution in [0, 0.1) is 6.92 Å². The molecule has 0 fully saturated rings. The zero-order valence-electron chi connectivity index (χ0n) is 13.2. The normalized spacial score (nSPS) is 12.2. The zero-order valence-corrected chi connectivity index (χ0v) is 13.2. The van der Waals surface area contributed by atoms with E-state index in [1.54, 1.807) is 4.68 Å². The molecule has 0 spiro atoms. The first kappa shape index (κ1) is 14.6. The van der Waals surface area contributed by atoms with Gasteiger partial charge in [-0.25, -0.2) is 4.68 Å². The van der Waals surface area contributed by atoms with Crippen molar-refractivity contribution in [2.24, 2.45) is 0 Å². The molecule has 1 aromatic carbocycles. The molecule has 1 aromatic heterocycles. The van der Waals surface area contributed by atoms with Gasteiger partial charge in [-0.15, -0.1) is 0 Å². The number of nitrogens with zero attached hydrogens (tertiary/aromatic N) is 1. The van der Waals surface area contributed by atoms with E-state index >= 15 is 0 Å². The molecule has 0 aliphatic rings. The molecule has 2 aromatic rings. The van der Waals surface area contributed by atoms with E-state index < -0.39 is 0 Å². The molecule has 0 atom stereocenters. The molecule has 0 aliphatic heterocycles. The van der Waals surface area contributed by atoms with Crippen molar-refractivity contribution >= 4 is 0 Å². The Bertz CT molecular complexity index is 669. The maximum Gasteiger partial charge on any atom is 0.271 e. The van der Waals surface area contributed by atoms with Crippen LogP contribution in [0.1, 0.15) is 51.7 Å². The molecule has 1 heterocycles. The first-order valence-corrected chi connectivity index (χ1v) is 7.14. The number of aryl methyl sites for hydroxylation is 1. The quantitative estimate of drug-likeness (QED) is 0.880. The maximum atomic E-state index is 12.7. The second-order valence-electron chi connectivity index (χ2n) is 6.74. The summed E-state index contributed by atoms with van der Waals surface area (Å²) in [5.41, 5.74) is 3.93. The number of hydrogen-bond donors (Lipinski definition) is 1. The predicted octanol–water partition coefficient (Wildman–Crippen LogP) is 4.03. The lowest BCUT2D eigenvalue weighted by Crippen LogP contribution is -2.33. The SMILES string of the molecule is Cc1cccc(-c2[nH]n(C(C)(C)C)c(=O)c2C(C)C)c1. The fourth-order valence-corrected chi connectivity index (χ4v) is 2.48. The lowest BCUT2D eigenvalue weighted by atomic mass is 9.98. The van der Waals surface area contributed by atoms with E-state index in [0.29, 0.717) is 0 Å². The number of aromatic amines is 1. The highest BCUT2D eigenvalue weighted by molar-refractivity contribution is 5.64. The smallest absolute Gasteiger partial charge is 0.271 e. The van der Waals surface area contributed by atoms with Crippen molar-refractivity contribution in [3.8, 4) is 11.3 Å². The largest absolute Gasteiger partial charge is 0.294 e. The van der Waals surface area contributed by atoms with E-state index in [9.17, 15) is 4.79 Å². The summed E-state index contributed by atoms with van der Waals surface area (Å²) in [6, 6.07) is 8.26. The van der Waals surface area contributed by atoms with Gasteiger partial charge in [0.2, 0.25) is 0 Å². The molecule has 108 valence electrons. The van der Waals surface area contributed by atoms with E-state index in [4.69, 9.17) is 0 Å². The van der Waals surface area contributed by atoms with Crippen LogP contribution in [-0.2, 0) is 5.54 Å². The highest BCUT2D eigenvalue weighted by Gasteiger charge is 2.24. The third-order valence-corrected chi connectivity index (χ3v) is 3.48. The number of H-pyrrole nitrogens is 1. The van der Waals surface area contributed by atoms with E-state index in [-0.39, 0.29) is 17.0 Å².